The minimum Gasteiger partial charge on any atom is -0.348 e. The predicted molar refractivity (Wildman–Crippen MR) is 61.6 cm³/mol. The summed E-state index contributed by atoms with van der Waals surface area (Å²) in [6.45, 7) is 1.85. The van der Waals surface area contributed by atoms with Crippen molar-refractivity contribution in [2.75, 3.05) is 0 Å². The fourth-order valence-electron chi connectivity index (χ4n) is 1.57. The quantitative estimate of drug-likeness (QED) is 0.721. The number of hydrogen-bond donors (Lipinski definition) is 0. The number of aryl methyl sites for hydroxylation is 2. The van der Waals surface area contributed by atoms with Crippen LogP contribution in [0.25, 0.3) is 10.9 Å². The van der Waals surface area contributed by atoms with Crippen molar-refractivity contribution in [3.8, 4) is 0 Å². The van der Waals surface area contributed by atoms with Gasteiger partial charge in [0.2, 0.25) is 0 Å². The molecule has 1 aromatic carbocycles. The lowest BCUT2D eigenvalue weighted by atomic mass is 10.2. The number of nitrogens with zero attached hydrogens (tertiary/aromatic N) is 1. The Balaban J connectivity index is 3.04. The second-order valence-corrected chi connectivity index (χ2v) is 4.35. The first kappa shape index (κ1) is 10.4. The standard InChI is InChI=1S/C11H9BrFNO/c1-6-3-11(15)7-4-9(13)8(12)5-10(7)14(6)2/h3-5H,1-2H3. The molecule has 0 fully saturated rings. The molecular formula is C11H9BrFNO. The van der Waals surface area contributed by atoms with Crippen molar-refractivity contribution >= 4 is 26.8 Å². The molecule has 0 saturated heterocycles. The minimum atomic E-state index is -0.413. The Bertz CT molecular complexity index is 604. The van der Waals surface area contributed by atoms with Gasteiger partial charge in [-0.1, -0.05) is 0 Å². The normalized spacial score (nSPS) is 10.9. The molecule has 0 radical (unpaired) electrons. The number of pyridine rings is 1. The largest absolute Gasteiger partial charge is 0.348 e. The average molecular weight is 270 g/mol. The van der Waals surface area contributed by atoms with Crippen molar-refractivity contribution in [2.45, 2.75) is 6.92 Å². The third kappa shape index (κ3) is 1.59. The van der Waals surface area contributed by atoms with Crippen LogP contribution in [0.4, 0.5) is 4.39 Å². The van der Waals surface area contributed by atoms with Gasteiger partial charge in [-0.05, 0) is 35.0 Å². The van der Waals surface area contributed by atoms with Gasteiger partial charge >= 0.3 is 0 Å². The van der Waals surface area contributed by atoms with Gasteiger partial charge in [0.1, 0.15) is 5.82 Å². The molecule has 0 aliphatic rings. The van der Waals surface area contributed by atoms with E-state index >= 15 is 0 Å². The molecule has 1 heterocycles. The van der Waals surface area contributed by atoms with Crippen LogP contribution in [0.5, 0.6) is 0 Å². The Morgan fingerprint density at radius 1 is 1.33 bits per heavy atom. The maximum atomic E-state index is 13.3. The van der Waals surface area contributed by atoms with E-state index in [0.29, 0.717) is 9.86 Å². The molecule has 0 saturated carbocycles. The molecule has 2 rings (SSSR count). The monoisotopic (exact) mass is 269 g/mol. The summed E-state index contributed by atoms with van der Waals surface area (Å²) in [5, 5.41) is 0.406. The topological polar surface area (TPSA) is 22.0 Å². The summed E-state index contributed by atoms with van der Waals surface area (Å²) in [5.74, 6) is -0.413. The van der Waals surface area contributed by atoms with E-state index in [4.69, 9.17) is 0 Å². The molecule has 0 atom stereocenters. The number of aromatic nitrogens is 1. The van der Waals surface area contributed by atoms with Crippen LogP contribution in [0.15, 0.2) is 27.5 Å². The Hall–Kier alpha value is -1.16. The zero-order valence-corrected chi connectivity index (χ0v) is 9.93. The molecule has 2 nitrogen and oxygen atoms in total. The van der Waals surface area contributed by atoms with Crippen molar-refractivity contribution in [1.29, 1.82) is 0 Å². The SMILES string of the molecule is Cc1cc(=O)c2cc(F)c(Br)cc2n1C. The van der Waals surface area contributed by atoms with Gasteiger partial charge in [0.25, 0.3) is 0 Å². The van der Waals surface area contributed by atoms with E-state index < -0.39 is 5.82 Å². The zero-order valence-electron chi connectivity index (χ0n) is 8.34. The van der Waals surface area contributed by atoms with Crippen molar-refractivity contribution < 1.29 is 4.39 Å². The van der Waals surface area contributed by atoms with Crippen LogP contribution in [0.3, 0.4) is 0 Å². The number of benzene rings is 1. The van der Waals surface area contributed by atoms with E-state index in [1.165, 1.54) is 12.1 Å². The van der Waals surface area contributed by atoms with Gasteiger partial charge in [-0.2, -0.15) is 0 Å². The fraction of sp³-hybridized carbons (Fsp3) is 0.182. The van der Waals surface area contributed by atoms with Gasteiger partial charge in [-0.15, -0.1) is 0 Å². The highest BCUT2D eigenvalue weighted by atomic mass is 79.9. The summed E-state index contributed by atoms with van der Waals surface area (Å²) in [4.78, 5) is 11.6. The van der Waals surface area contributed by atoms with Gasteiger partial charge in [-0.3, -0.25) is 4.79 Å². The summed E-state index contributed by atoms with van der Waals surface area (Å²) >= 11 is 3.11. The van der Waals surface area contributed by atoms with Crippen LogP contribution in [0.1, 0.15) is 5.69 Å². The molecule has 0 spiro atoms. The molecule has 0 bridgehead atoms. The predicted octanol–water partition coefficient (Wildman–Crippen LogP) is 2.75. The lowest BCUT2D eigenvalue weighted by Gasteiger charge is -2.09. The summed E-state index contributed by atoms with van der Waals surface area (Å²) in [7, 11) is 1.85. The molecule has 1 aromatic heterocycles. The highest BCUT2D eigenvalue weighted by Gasteiger charge is 2.07. The molecule has 78 valence electrons. The molecule has 0 amide bonds. The second-order valence-electron chi connectivity index (χ2n) is 3.49. The van der Waals surface area contributed by atoms with Crippen LogP contribution in [0, 0.1) is 12.7 Å². The van der Waals surface area contributed by atoms with Crippen LogP contribution in [0.2, 0.25) is 0 Å². The maximum Gasteiger partial charge on any atom is 0.189 e. The Kier molecular flexibility index (Phi) is 2.38. The average Bonchev–Trinajstić information content (AvgIpc) is 2.18. The molecule has 0 N–H and O–H groups in total. The summed E-state index contributed by atoms with van der Waals surface area (Å²) in [6, 6.07) is 4.40. The molecule has 2 aromatic rings. The van der Waals surface area contributed by atoms with E-state index in [1.807, 2.05) is 18.5 Å². The van der Waals surface area contributed by atoms with Gasteiger partial charge in [0.15, 0.2) is 5.43 Å². The van der Waals surface area contributed by atoms with Crippen molar-refractivity contribution in [2.24, 2.45) is 7.05 Å². The van der Waals surface area contributed by atoms with Gasteiger partial charge in [0.05, 0.1) is 9.99 Å². The Labute approximate surface area is 94.5 Å². The smallest absolute Gasteiger partial charge is 0.189 e. The van der Waals surface area contributed by atoms with E-state index in [-0.39, 0.29) is 5.43 Å². The molecule has 0 unspecified atom stereocenters. The maximum absolute atomic E-state index is 13.3. The highest BCUT2D eigenvalue weighted by Crippen LogP contribution is 2.21. The minimum absolute atomic E-state index is 0.146. The summed E-state index contributed by atoms with van der Waals surface area (Å²) < 4.78 is 15.5. The molecule has 4 heteroatoms. The molecule has 15 heavy (non-hydrogen) atoms. The lowest BCUT2D eigenvalue weighted by molar-refractivity contribution is 0.622. The first-order valence-corrected chi connectivity index (χ1v) is 5.25. The first-order valence-electron chi connectivity index (χ1n) is 4.46. The van der Waals surface area contributed by atoms with Gasteiger partial charge in [-0.25, -0.2) is 4.39 Å². The molecule has 0 aliphatic carbocycles. The molecular weight excluding hydrogens is 261 g/mol. The van der Waals surface area contributed by atoms with E-state index in [9.17, 15) is 9.18 Å². The van der Waals surface area contributed by atoms with Crippen LogP contribution in [-0.2, 0) is 7.05 Å². The van der Waals surface area contributed by atoms with Crippen LogP contribution < -0.4 is 5.43 Å². The lowest BCUT2D eigenvalue weighted by Crippen LogP contribution is -2.09. The number of halogens is 2. The van der Waals surface area contributed by atoms with Crippen molar-refractivity contribution in [1.82, 2.24) is 4.57 Å². The third-order valence-electron chi connectivity index (χ3n) is 2.53. The fourth-order valence-corrected chi connectivity index (χ4v) is 1.90. The Morgan fingerprint density at radius 3 is 2.67 bits per heavy atom. The summed E-state index contributed by atoms with van der Waals surface area (Å²) in [6.07, 6.45) is 0. The van der Waals surface area contributed by atoms with Gasteiger partial charge < -0.3 is 4.57 Å². The first-order chi connectivity index (χ1) is 7.00. The highest BCUT2D eigenvalue weighted by molar-refractivity contribution is 9.10. The van der Waals surface area contributed by atoms with Crippen LogP contribution >= 0.6 is 15.9 Å². The van der Waals surface area contributed by atoms with Crippen molar-refractivity contribution in [3.05, 3.63) is 44.4 Å². The third-order valence-corrected chi connectivity index (χ3v) is 3.14. The second kappa shape index (κ2) is 3.45. The zero-order chi connectivity index (χ0) is 11.2. The molecule has 0 aliphatic heterocycles. The van der Waals surface area contributed by atoms with Crippen LogP contribution in [-0.4, -0.2) is 4.57 Å². The summed E-state index contributed by atoms with van der Waals surface area (Å²) in [5.41, 5.74) is 1.44. The van der Waals surface area contributed by atoms with E-state index in [0.717, 1.165) is 11.2 Å². The van der Waals surface area contributed by atoms with Crippen molar-refractivity contribution in [3.63, 3.8) is 0 Å². The van der Waals surface area contributed by atoms with E-state index in [2.05, 4.69) is 15.9 Å². The van der Waals surface area contributed by atoms with E-state index in [1.54, 1.807) is 6.07 Å². The Morgan fingerprint density at radius 2 is 2.00 bits per heavy atom. The number of hydrogen-bond acceptors (Lipinski definition) is 1. The number of rotatable bonds is 0. The number of fused-ring (bicyclic) bond motifs is 1. The van der Waals surface area contributed by atoms with Gasteiger partial charge in [0, 0.05) is 24.2 Å².